The third-order valence-electron chi connectivity index (χ3n) is 7.30. The van der Waals surface area contributed by atoms with Crippen LogP contribution >= 0.6 is 0 Å². The highest BCUT2D eigenvalue weighted by atomic mass is 15.3. The van der Waals surface area contributed by atoms with Gasteiger partial charge in [0, 0.05) is 49.5 Å². The first-order chi connectivity index (χ1) is 17.7. The van der Waals surface area contributed by atoms with Crippen LogP contribution in [0.4, 0.5) is 23.5 Å². The van der Waals surface area contributed by atoms with Crippen molar-refractivity contribution >= 4 is 34.4 Å². The van der Waals surface area contributed by atoms with E-state index in [4.69, 9.17) is 15.0 Å². The number of hydrogen-bond donors (Lipinski definition) is 3. The van der Waals surface area contributed by atoms with Crippen LogP contribution in [0.15, 0.2) is 30.5 Å². The van der Waals surface area contributed by atoms with Crippen LogP contribution in [0.25, 0.3) is 10.9 Å². The lowest BCUT2D eigenvalue weighted by atomic mass is 9.96. The average Bonchev–Trinajstić information content (AvgIpc) is 2.91. The molecular formula is C28H40N8. The standard InChI is InChI=1S/C28H40N8/c1-21-12-13-23-24(14-17-30-25(23)20-21)29-15-6-7-16-31-26-33-27(32-22-10-4-2-5-11-22)35-28(34-26)36-18-8-3-9-19-36/h12-14,17,20,22H,2-11,15-16,18-19H2,1H3,(H,29,30)(H2,31,32,33,34,35). The van der Waals surface area contributed by atoms with Crippen LogP contribution in [-0.4, -0.2) is 52.2 Å². The Morgan fingerprint density at radius 2 is 1.58 bits per heavy atom. The molecule has 8 nitrogen and oxygen atoms in total. The summed E-state index contributed by atoms with van der Waals surface area (Å²) in [5.41, 5.74) is 3.42. The molecule has 0 bridgehead atoms. The molecule has 3 N–H and O–H groups in total. The Balaban J connectivity index is 1.15. The minimum absolute atomic E-state index is 0.475. The maximum Gasteiger partial charge on any atom is 0.231 e. The van der Waals surface area contributed by atoms with Crippen molar-refractivity contribution in [3.05, 3.63) is 36.0 Å². The Bertz CT molecular complexity index is 1120. The summed E-state index contributed by atoms with van der Waals surface area (Å²) in [6, 6.07) is 8.96. The van der Waals surface area contributed by atoms with Crippen LogP contribution in [0, 0.1) is 6.92 Å². The minimum Gasteiger partial charge on any atom is -0.384 e. The smallest absolute Gasteiger partial charge is 0.231 e. The maximum atomic E-state index is 4.81. The summed E-state index contributed by atoms with van der Waals surface area (Å²) in [4.78, 5) is 21.1. The number of aromatic nitrogens is 4. The van der Waals surface area contributed by atoms with Gasteiger partial charge in [-0.15, -0.1) is 0 Å². The van der Waals surface area contributed by atoms with Crippen molar-refractivity contribution in [2.45, 2.75) is 77.2 Å². The van der Waals surface area contributed by atoms with Gasteiger partial charge in [0.25, 0.3) is 0 Å². The normalized spacial score (nSPS) is 16.8. The zero-order valence-corrected chi connectivity index (χ0v) is 21.6. The lowest BCUT2D eigenvalue weighted by Crippen LogP contribution is -2.32. The second kappa shape index (κ2) is 12.2. The summed E-state index contributed by atoms with van der Waals surface area (Å²) in [6.45, 7) is 5.91. The van der Waals surface area contributed by atoms with Gasteiger partial charge in [-0.05, 0) is 69.6 Å². The largest absolute Gasteiger partial charge is 0.384 e. The van der Waals surface area contributed by atoms with Crippen LogP contribution in [-0.2, 0) is 0 Å². The molecular weight excluding hydrogens is 448 g/mol. The molecule has 3 aromatic rings. The molecule has 0 radical (unpaired) electrons. The van der Waals surface area contributed by atoms with E-state index in [-0.39, 0.29) is 0 Å². The molecule has 1 saturated heterocycles. The first-order valence-electron chi connectivity index (χ1n) is 13.9. The van der Waals surface area contributed by atoms with Gasteiger partial charge in [0.15, 0.2) is 0 Å². The molecule has 1 aromatic carbocycles. The molecule has 1 aliphatic carbocycles. The van der Waals surface area contributed by atoms with Crippen molar-refractivity contribution in [3.63, 3.8) is 0 Å². The molecule has 0 atom stereocenters. The van der Waals surface area contributed by atoms with Crippen molar-refractivity contribution in [1.82, 2.24) is 19.9 Å². The average molecular weight is 489 g/mol. The van der Waals surface area contributed by atoms with Gasteiger partial charge in [-0.25, -0.2) is 0 Å². The second-order valence-electron chi connectivity index (χ2n) is 10.2. The second-order valence-corrected chi connectivity index (χ2v) is 10.2. The van der Waals surface area contributed by atoms with E-state index in [1.807, 2.05) is 6.20 Å². The van der Waals surface area contributed by atoms with E-state index in [0.717, 1.165) is 62.1 Å². The van der Waals surface area contributed by atoms with Crippen molar-refractivity contribution in [1.29, 1.82) is 0 Å². The number of pyridine rings is 1. The molecule has 36 heavy (non-hydrogen) atoms. The molecule has 8 heteroatoms. The number of fused-ring (bicyclic) bond motifs is 1. The van der Waals surface area contributed by atoms with Crippen molar-refractivity contribution < 1.29 is 0 Å². The molecule has 1 saturated carbocycles. The van der Waals surface area contributed by atoms with E-state index in [1.165, 1.54) is 62.3 Å². The molecule has 5 rings (SSSR count). The summed E-state index contributed by atoms with van der Waals surface area (Å²) in [5.74, 6) is 2.22. The Morgan fingerprint density at radius 1 is 0.833 bits per heavy atom. The third-order valence-corrected chi connectivity index (χ3v) is 7.30. The molecule has 2 aromatic heterocycles. The predicted molar refractivity (Wildman–Crippen MR) is 149 cm³/mol. The fraction of sp³-hybridized carbons (Fsp3) is 0.571. The maximum absolute atomic E-state index is 4.81. The Morgan fingerprint density at radius 3 is 2.42 bits per heavy atom. The topological polar surface area (TPSA) is 90.9 Å². The van der Waals surface area contributed by atoms with E-state index in [2.05, 4.69) is 57.0 Å². The fourth-order valence-electron chi connectivity index (χ4n) is 5.26. The first-order valence-corrected chi connectivity index (χ1v) is 13.9. The van der Waals surface area contributed by atoms with Crippen molar-refractivity contribution in [2.75, 3.05) is 47.0 Å². The number of aryl methyl sites for hydroxylation is 1. The highest BCUT2D eigenvalue weighted by Crippen LogP contribution is 2.24. The Labute approximate surface area is 214 Å². The molecule has 2 aliphatic rings. The lowest BCUT2D eigenvalue weighted by molar-refractivity contribution is 0.460. The van der Waals surface area contributed by atoms with Crippen LogP contribution in [0.2, 0.25) is 0 Å². The fourth-order valence-corrected chi connectivity index (χ4v) is 5.26. The van der Waals surface area contributed by atoms with Gasteiger partial charge >= 0.3 is 0 Å². The molecule has 0 spiro atoms. The quantitative estimate of drug-likeness (QED) is 0.310. The van der Waals surface area contributed by atoms with Crippen molar-refractivity contribution in [2.24, 2.45) is 0 Å². The lowest BCUT2D eigenvalue weighted by Gasteiger charge is -2.28. The van der Waals surface area contributed by atoms with Crippen LogP contribution in [0.5, 0.6) is 0 Å². The van der Waals surface area contributed by atoms with E-state index >= 15 is 0 Å². The van der Waals surface area contributed by atoms with Crippen LogP contribution in [0.3, 0.4) is 0 Å². The predicted octanol–water partition coefficient (Wildman–Crippen LogP) is 5.77. The summed E-state index contributed by atoms with van der Waals surface area (Å²) in [5, 5.41) is 11.8. The van der Waals surface area contributed by atoms with Gasteiger partial charge in [0.05, 0.1) is 5.52 Å². The van der Waals surface area contributed by atoms with E-state index < -0.39 is 0 Å². The SMILES string of the molecule is Cc1ccc2c(NCCCCNc3nc(NC4CCCCC4)nc(N4CCCCC4)n3)ccnc2c1. The number of hydrogen-bond acceptors (Lipinski definition) is 8. The molecule has 192 valence electrons. The van der Waals surface area contributed by atoms with Gasteiger partial charge in [0.1, 0.15) is 0 Å². The van der Waals surface area contributed by atoms with Gasteiger partial charge in [-0.3, -0.25) is 4.98 Å². The number of unbranched alkanes of at least 4 members (excludes halogenated alkanes) is 1. The minimum atomic E-state index is 0.475. The molecule has 3 heterocycles. The molecule has 2 fully saturated rings. The Kier molecular flexibility index (Phi) is 8.31. The number of nitrogens with zero attached hydrogens (tertiary/aromatic N) is 5. The Hall–Kier alpha value is -3.16. The number of anilines is 4. The number of rotatable bonds is 10. The zero-order valence-electron chi connectivity index (χ0n) is 21.6. The van der Waals surface area contributed by atoms with Crippen LogP contribution in [0.1, 0.15) is 69.8 Å². The van der Waals surface area contributed by atoms with Gasteiger partial charge in [-0.2, -0.15) is 15.0 Å². The summed E-state index contributed by atoms with van der Waals surface area (Å²) in [7, 11) is 0. The molecule has 0 unspecified atom stereocenters. The number of nitrogens with one attached hydrogen (secondary N) is 3. The number of piperidine rings is 1. The molecule has 1 aliphatic heterocycles. The zero-order chi connectivity index (χ0) is 24.6. The first kappa shape index (κ1) is 24.5. The molecule has 0 amide bonds. The van der Waals surface area contributed by atoms with Crippen LogP contribution < -0.4 is 20.9 Å². The van der Waals surface area contributed by atoms with E-state index in [0.29, 0.717) is 12.0 Å². The summed E-state index contributed by atoms with van der Waals surface area (Å²) >= 11 is 0. The monoisotopic (exact) mass is 488 g/mol. The van der Waals surface area contributed by atoms with E-state index in [9.17, 15) is 0 Å². The van der Waals surface area contributed by atoms with E-state index in [1.54, 1.807) is 0 Å². The van der Waals surface area contributed by atoms with Gasteiger partial charge < -0.3 is 20.9 Å². The van der Waals surface area contributed by atoms with Gasteiger partial charge in [0.2, 0.25) is 17.8 Å². The highest BCUT2D eigenvalue weighted by Gasteiger charge is 2.19. The summed E-state index contributed by atoms with van der Waals surface area (Å²) in [6.07, 6.45) is 14.0. The van der Waals surface area contributed by atoms with Gasteiger partial charge in [-0.1, -0.05) is 31.4 Å². The summed E-state index contributed by atoms with van der Waals surface area (Å²) < 4.78 is 0. The highest BCUT2D eigenvalue weighted by molar-refractivity contribution is 5.91. The number of benzene rings is 1. The third kappa shape index (κ3) is 6.53. The van der Waals surface area contributed by atoms with Crippen molar-refractivity contribution in [3.8, 4) is 0 Å².